The van der Waals surface area contributed by atoms with Crippen LogP contribution < -0.4 is 10.2 Å². The zero-order chi connectivity index (χ0) is 19.6. The van der Waals surface area contributed by atoms with E-state index >= 15 is 0 Å². The Morgan fingerprint density at radius 2 is 1.81 bits per heavy atom. The molecule has 0 spiro atoms. The van der Waals surface area contributed by atoms with Gasteiger partial charge in [-0.3, -0.25) is 9.69 Å². The van der Waals surface area contributed by atoms with Crippen LogP contribution in [-0.4, -0.2) is 24.0 Å². The molecule has 140 valence electrons. The smallest absolute Gasteiger partial charge is 0.336 e. The van der Waals surface area contributed by atoms with Gasteiger partial charge in [0.1, 0.15) is 5.70 Å². The first-order valence-electron chi connectivity index (χ1n) is 8.38. The van der Waals surface area contributed by atoms with Gasteiger partial charge in [-0.25, -0.2) is 4.79 Å². The van der Waals surface area contributed by atoms with Crippen LogP contribution in [0.15, 0.2) is 69.2 Å². The highest BCUT2D eigenvalue weighted by Crippen LogP contribution is 2.36. The SMILES string of the molecule is CCOC(=O)[C@]1(C)C=C(Nc2cccc(Br)c2)C(=O)N1c1cccc(Br)c1. The lowest BCUT2D eigenvalue weighted by molar-refractivity contribution is -0.147. The highest BCUT2D eigenvalue weighted by Gasteiger charge is 2.49. The van der Waals surface area contributed by atoms with Gasteiger partial charge in [0.2, 0.25) is 0 Å². The molecule has 1 N–H and O–H groups in total. The first-order valence-corrected chi connectivity index (χ1v) is 9.96. The van der Waals surface area contributed by atoms with E-state index in [4.69, 9.17) is 4.74 Å². The molecule has 3 rings (SSSR count). The van der Waals surface area contributed by atoms with Gasteiger partial charge < -0.3 is 10.1 Å². The van der Waals surface area contributed by atoms with Gasteiger partial charge in [-0.1, -0.05) is 44.0 Å². The minimum absolute atomic E-state index is 0.233. The summed E-state index contributed by atoms with van der Waals surface area (Å²) in [6.07, 6.45) is 1.62. The van der Waals surface area contributed by atoms with E-state index in [-0.39, 0.29) is 12.5 Å². The average molecular weight is 494 g/mol. The number of carbonyl (C=O) groups is 2. The third kappa shape index (κ3) is 3.94. The molecule has 7 heteroatoms. The van der Waals surface area contributed by atoms with Gasteiger partial charge in [-0.2, -0.15) is 0 Å². The van der Waals surface area contributed by atoms with Crippen molar-refractivity contribution in [1.82, 2.24) is 0 Å². The van der Waals surface area contributed by atoms with Crippen LogP contribution in [0.4, 0.5) is 11.4 Å². The minimum atomic E-state index is -1.25. The molecule has 2 aromatic rings. The van der Waals surface area contributed by atoms with Crippen molar-refractivity contribution >= 4 is 55.1 Å². The van der Waals surface area contributed by atoms with Crippen LogP contribution in [-0.2, 0) is 14.3 Å². The van der Waals surface area contributed by atoms with E-state index in [1.54, 1.807) is 32.1 Å². The lowest BCUT2D eigenvalue weighted by Gasteiger charge is -2.32. The largest absolute Gasteiger partial charge is 0.464 e. The molecule has 1 aliphatic rings. The van der Waals surface area contributed by atoms with Crippen LogP contribution in [0.2, 0.25) is 0 Å². The number of anilines is 2. The van der Waals surface area contributed by atoms with Crippen LogP contribution in [0.5, 0.6) is 0 Å². The number of hydrogen-bond donors (Lipinski definition) is 1. The van der Waals surface area contributed by atoms with Gasteiger partial charge in [-0.15, -0.1) is 0 Å². The van der Waals surface area contributed by atoms with Gasteiger partial charge in [0.25, 0.3) is 5.91 Å². The Morgan fingerprint density at radius 1 is 1.15 bits per heavy atom. The highest BCUT2D eigenvalue weighted by molar-refractivity contribution is 9.10. The van der Waals surface area contributed by atoms with Gasteiger partial charge in [0.15, 0.2) is 5.54 Å². The van der Waals surface area contributed by atoms with Crippen molar-refractivity contribution in [3.05, 3.63) is 69.2 Å². The van der Waals surface area contributed by atoms with Crippen molar-refractivity contribution in [3.8, 4) is 0 Å². The first-order chi connectivity index (χ1) is 12.8. The van der Waals surface area contributed by atoms with E-state index in [0.29, 0.717) is 11.4 Å². The van der Waals surface area contributed by atoms with Gasteiger partial charge >= 0.3 is 5.97 Å². The maximum atomic E-state index is 13.2. The molecule has 0 radical (unpaired) electrons. The Bertz CT molecular complexity index is 929. The maximum Gasteiger partial charge on any atom is 0.336 e. The normalized spacial score (nSPS) is 19.0. The second-order valence-corrected chi connectivity index (χ2v) is 8.01. The third-order valence-electron chi connectivity index (χ3n) is 4.18. The predicted octanol–water partition coefficient (Wildman–Crippen LogP) is 4.88. The summed E-state index contributed by atoms with van der Waals surface area (Å²) in [5, 5.41) is 3.12. The van der Waals surface area contributed by atoms with Crippen LogP contribution in [0.3, 0.4) is 0 Å². The fraction of sp³-hybridized carbons (Fsp3) is 0.200. The van der Waals surface area contributed by atoms with Crippen LogP contribution in [0, 0.1) is 0 Å². The van der Waals surface area contributed by atoms with Crippen LogP contribution in [0.25, 0.3) is 0 Å². The standard InChI is InChI=1S/C20H18Br2N2O3/c1-3-27-19(26)20(2)12-17(23-15-8-4-6-13(21)10-15)18(25)24(20)16-9-5-7-14(22)11-16/h4-12,23H,3H2,1-2H3/t20-/m0/s1. The molecule has 1 amide bonds. The van der Waals surface area contributed by atoms with E-state index in [2.05, 4.69) is 37.2 Å². The molecule has 27 heavy (non-hydrogen) atoms. The summed E-state index contributed by atoms with van der Waals surface area (Å²) < 4.78 is 6.95. The average Bonchev–Trinajstić information content (AvgIpc) is 2.86. The number of hydrogen-bond acceptors (Lipinski definition) is 4. The summed E-state index contributed by atoms with van der Waals surface area (Å²) in [4.78, 5) is 27.4. The van der Waals surface area contributed by atoms with Crippen LogP contribution in [0.1, 0.15) is 13.8 Å². The fourth-order valence-corrected chi connectivity index (χ4v) is 3.76. The van der Waals surface area contributed by atoms with E-state index in [9.17, 15) is 9.59 Å². The van der Waals surface area contributed by atoms with Crippen molar-refractivity contribution in [2.45, 2.75) is 19.4 Å². The number of halogens is 2. The highest BCUT2D eigenvalue weighted by atomic mass is 79.9. The van der Waals surface area contributed by atoms with E-state index in [1.807, 2.05) is 36.4 Å². The van der Waals surface area contributed by atoms with E-state index < -0.39 is 11.5 Å². The quantitative estimate of drug-likeness (QED) is 0.603. The molecular weight excluding hydrogens is 476 g/mol. The molecule has 0 fully saturated rings. The number of ether oxygens (including phenoxy) is 1. The van der Waals surface area contributed by atoms with Crippen LogP contribution >= 0.6 is 31.9 Å². The van der Waals surface area contributed by atoms with E-state index in [0.717, 1.165) is 14.6 Å². The monoisotopic (exact) mass is 492 g/mol. The predicted molar refractivity (Wildman–Crippen MR) is 113 cm³/mol. The Labute approximate surface area is 174 Å². The number of rotatable bonds is 5. The molecule has 0 saturated heterocycles. The van der Waals surface area contributed by atoms with Crippen molar-refractivity contribution in [2.75, 3.05) is 16.8 Å². The van der Waals surface area contributed by atoms with E-state index in [1.165, 1.54) is 4.90 Å². The lowest BCUT2D eigenvalue weighted by atomic mass is 10.0. The number of benzene rings is 2. The number of nitrogens with zero attached hydrogens (tertiary/aromatic N) is 1. The first kappa shape index (κ1) is 19.6. The molecule has 1 atom stereocenters. The van der Waals surface area contributed by atoms with Crippen molar-refractivity contribution in [2.24, 2.45) is 0 Å². The summed E-state index contributed by atoms with van der Waals surface area (Å²) >= 11 is 6.83. The fourth-order valence-electron chi connectivity index (χ4n) is 2.98. The van der Waals surface area contributed by atoms with Crippen molar-refractivity contribution in [1.29, 1.82) is 0 Å². The van der Waals surface area contributed by atoms with Crippen molar-refractivity contribution in [3.63, 3.8) is 0 Å². The van der Waals surface area contributed by atoms with Gasteiger partial charge in [0, 0.05) is 20.3 Å². The van der Waals surface area contributed by atoms with Gasteiger partial charge in [-0.05, 0) is 56.3 Å². The summed E-state index contributed by atoms with van der Waals surface area (Å²) in [7, 11) is 0. The molecule has 0 saturated carbocycles. The number of carbonyl (C=O) groups excluding carboxylic acids is 2. The number of esters is 1. The zero-order valence-electron chi connectivity index (χ0n) is 14.8. The zero-order valence-corrected chi connectivity index (χ0v) is 18.0. The summed E-state index contributed by atoms with van der Waals surface area (Å²) in [5.74, 6) is -0.784. The Kier molecular flexibility index (Phi) is 5.72. The Morgan fingerprint density at radius 3 is 2.44 bits per heavy atom. The Hall–Kier alpha value is -2.12. The second kappa shape index (κ2) is 7.86. The molecule has 2 aromatic carbocycles. The topological polar surface area (TPSA) is 58.6 Å². The number of amides is 1. The second-order valence-electron chi connectivity index (χ2n) is 6.18. The molecule has 0 unspecified atom stereocenters. The third-order valence-corrected chi connectivity index (χ3v) is 5.17. The minimum Gasteiger partial charge on any atom is -0.464 e. The molecule has 1 aliphatic heterocycles. The summed E-state index contributed by atoms with van der Waals surface area (Å²) in [5.41, 5.74) is 0.421. The molecule has 1 heterocycles. The molecule has 5 nitrogen and oxygen atoms in total. The molecule has 0 aromatic heterocycles. The van der Waals surface area contributed by atoms with Gasteiger partial charge in [0.05, 0.1) is 6.61 Å². The summed E-state index contributed by atoms with van der Waals surface area (Å²) in [6.45, 7) is 3.66. The lowest BCUT2D eigenvalue weighted by Crippen LogP contribution is -2.51. The molecular formula is C20H18Br2N2O3. The summed E-state index contributed by atoms with van der Waals surface area (Å²) in [6, 6.07) is 14.7. The Balaban J connectivity index is 2.03. The molecule has 0 aliphatic carbocycles. The maximum absolute atomic E-state index is 13.2. The molecule has 0 bridgehead atoms. The number of nitrogens with one attached hydrogen (secondary N) is 1. The van der Waals surface area contributed by atoms with Crippen molar-refractivity contribution < 1.29 is 14.3 Å².